The first kappa shape index (κ1) is 50.8. The molecule has 0 amide bonds. The molecule has 6 atom stereocenters. The number of ether oxygens (including phenoxy) is 4. The molecule has 0 bridgehead atoms. The Morgan fingerprint density at radius 3 is 1.45 bits per heavy atom. The Hall–Kier alpha value is -5.73. The van der Waals surface area contributed by atoms with Gasteiger partial charge in [0.1, 0.15) is 0 Å². The highest BCUT2D eigenvalue weighted by atomic mass is 35.5. The molecule has 12 rings (SSSR count). The average Bonchev–Trinajstić information content (AvgIpc) is 4.24. The Bertz CT molecular complexity index is 2740. The van der Waals surface area contributed by atoms with Crippen LogP contribution in [0.15, 0.2) is 24.8 Å². The van der Waals surface area contributed by atoms with E-state index in [4.69, 9.17) is 66.9 Å². The molecule has 6 aliphatic heterocycles. The van der Waals surface area contributed by atoms with Crippen molar-refractivity contribution < 1.29 is 18.9 Å². The number of hydrogen-bond donors (Lipinski definition) is 5. The largest absolute Gasteiger partial charge is 0.381 e. The van der Waals surface area contributed by atoms with Gasteiger partial charge in [0, 0.05) is 139 Å². The molecule has 7 N–H and O–H groups in total. The summed E-state index contributed by atoms with van der Waals surface area (Å²) in [4.78, 5) is 52.8. The molecule has 6 aromatic heterocycles. The van der Waals surface area contributed by atoms with Crippen molar-refractivity contribution in [2.45, 2.75) is 77.8 Å². The number of nitrogens with one attached hydrogen (secondary N) is 3. The van der Waals surface area contributed by atoms with Crippen LogP contribution in [-0.2, 0) is 32.0 Å². The van der Waals surface area contributed by atoms with E-state index in [1.165, 1.54) is 0 Å². The van der Waals surface area contributed by atoms with Gasteiger partial charge in [-0.25, -0.2) is 49.8 Å². The summed E-state index contributed by atoms with van der Waals surface area (Å²) in [6.45, 7) is 22.9. The second kappa shape index (κ2) is 23.2. The Morgan fingerprint density at radius 2 is 1.00 bits per heavy atom. The summed E-state index contributed by atoms with van der Waals surface area (Å²) in [5, 5.41) is 10.8. The standard InChI is InChI=1S/C24H34N10O2.C18H21ClN8O2.C6H14N2/c1-15-11-33(12-16(2)28-15)24-29-19-21(32-4-7-35-8-5-32)30-20(18-9-26-23(25)27-10-18)31-22(19)34(24)13-17-3-6-36-14-17;19-17-23-13-15(26-2-5-28-6-3-26)24-14(12-7-21-18(20)22-8-12)25-16(13)27(17)9-11-1-4-29-10-11;1-5-3-7-4-6(2)8-5/h9-10,15-17,28H,3-8,11-14H2,1-2H3,(H2,25,26,27);7-8,11H,1-6,9-10H2,(H2,20,21,22);5-8H,3-4H2,1-2H3/t15-,16+,17?;;5-,6+. The predicted molar refractivity (Wildman–Crippen MR) is 280 cm³/mol. The number of fused-ring (bicyclic) bond motifs is 2. The minimum absolute atomic E-state index is 0.206. The molecule has 0 saturated carbocycles. The minimum atomic E-state index is 0.206. The molecule has 0 aliphatic carbocycles. The van der Waals surface area contributed by atoms with Gasteiger partial charge in [0.15, 0.2) is 45.6 Å². The third-order valence-corrected chi connectivity index (χ3v) is 14.1. The summed E-state index contributed by atoms with van der Waals surface area (Å²) in [5.41, 5.74) is 15.8. The number of halogens is 1. The molecule has 6 saturated heterocycles. The van der Waals surface area contributed by atoms with E-state index in [2.05, 4.69) is 87.8 Å². The van der Waals surface area contributed by atoms with Crippen molar-refractivity contribution in [2.75, 3.05) is 131 Å². The molecule has 0 spiro atoms. The lowest BCUT2D eigenvalue weighted by Crippen LogP contribution is -2.55. The lowest BCUT2D eigenvalue weighted by atomic mass is 10.1. The average molecular weight is 1030 g/mol. The van der Waals surface area contributed by atoms with Crippen molar-refractivity contribution in [3.05, 3.63) is 30.1 Å². The summed E-state index contributed by atoms with van der Waals surface area (Å²) in [6.07, 6.45) is 8.64. The zero-order chi connectivity index (χ0) is 50.4. The van der Waals surface area contributed by atoms with E-state index in [0.29, 0.717) is 103 Å². The van der Waals surface area contributed by atoms with Gasteiger partial charge in [0.25, 0.3) is 0 Å². The Labute approximate surface area is 429 Å². The molecule has 25 heteroatoms. The van der Waals surface area contributed by atoms with E-state index in [1.54, 1.807) is 24.8 Å². The maximum Gasteiger partial charge on any atom is 0.219 e. The topological polar surface area (TPSA) is 274 Å². The van der Waals surface area contributed by atoms with Gasteiger partial charge in [-0.2, -0.15) is 0 Å². The van der Waals surface area contributed by atoms with E-state index < -0.39 is 0 Å². The van der Waals surface area contributed by atoms with Gasteiger partial charge in [-0.15, -0.1) is 0 Å². The highest BCUT2D eigenvalue weighted by molar-refractivity contribution is 6.29. The van der Waals surface area contributed by atoms with Gasteiger partial charge in [0.2, 0.25) is 23.1 Å². The van der Waals surface area contributed by atoms with Crippen LogP contribution >= 0.6 is 11.6 Å². The van der Waals surface area contributed by atoms with Gasteiger partial charge in [-0.3, -0.25) is 9.13 Å². The molecule has 73 heavy (non-hydrogen) atoms. The van der Waals surface area contributed by atoms with E-state index in [1.807, 2.05) is 4.57 Å². The lowest BCUT2D eigenvalue weighted by Gasteiger charge is -2.37. The third-order valence-electron chi connectivity index (χ3n) is 13.8. The second-order valence-corrected chi connectivity index (χ2v) is 20.3. The first-order chi connectivity index (χ1) is 35.5. The fourth-order valence-electron chi connectivity index (χ4n) is 10.2. The summed E-state index contributed by atoms with van der Waals surface area (Å²) >= 11 is 6.53. The van der Waals surface area contributed by atoms with Crippen LogP contribution in [0.1, 0.15) is 40.5 Å². The minimum Gasteiger partial charge on any atom is -0.381 e. The second-order valence-electron chi connectivity index (χ2n) is 19.9. The molecule has 6 fully saturated rings. The van der Waals surface area contributed by atoms with Crippen LogP contribution in [0, 0.1) is 11.8 Å². The van der Waals surface area contributed by atoms with Gasteiger partial charge in [0.05, 0.1) is 50.8 Å². The number of anilines is 5. The molecule has 24 nitrogen and oxygen atoms in total. The van der Waals surface area contributed by atoms with Crippen molar-refractivity contribution >= 4 is 63.4 Å². The first-order valence-corrected chi connectivity index (χ1v) is 26.1. The summed E-state index contributed by atoms with van der Waals surface area (Å²) in [7, 11) is 0. The molecular weight excluding hydrogens is 956 g/mol. The van der Waals surface area contributed by atoms with Crippen molar-refractivity contribution in [1.29, 1.82) is 0 Å². The number of rotatable bonds is 9. The van der Waals surface area contributed by atoms with Gasteiger partial charge in [-0.05, 0) is 52.1 Å². The van der Waals surface area contributed by atoms with E-state index in [9.17, 15) is 0 Å². The van der Waals surface area contributed by atoms with Gasteiger partial charge in [-0.1, -0.05) is 0 Å². The van der Waals surface area contributed by atoms with Gasteiger partial charge < -0.3 is 61.1 Å². The molecule has 0 radical (unpaired) electrons. The van der Waals surface area contributed by atoms with Crippen molar-refractivity contribution in [2.24, 2.45) is 11.8 Å². The van der Waals surface area contributed by atoms with Crippen LogP contribution in [0.25, 0.3) is 45.1 Å². The SMILES string of the molecule is C[C@@H]1CN(c2nc3c(N4CCOCC4)nc(-c4cnc(N)nc4)nc3n2CC2CCOC2)C[C@H](C)N1.C[C@@H]1CNC[C@H](C)N1.Nc1ncc(-c2nc(N3CCOCC3)c3nc(Cl)n(CC4CCOC4)c3n2)cn1. The van der Waals surface area contributed by atoms with E-state index in [-0.39, 0.29) is 11.9 Å². The number of nitrogens with two attached hydrogens (primary N) is 2. The highest BCUT2D eigenvalue weighted by Crippen LogP contribution is 2.34. The fourth-order valence-corrected chi connectivity index (χ4v) is 10.5. The maximum atomic E-state index is 6.53. The quantitative estimate of drug-likeness (QED) is 0.130. The Balaban J connectivity index is 0.000000148. The lowest BCUT2D eigenvalue weighted by molar-refractivity contribution is 0.122. The number of imidazole rings is 2. The molecule has 6 aromatic rings. The summed E-state index contributed by atoms with van der Waals surface area (Å²) < 4.78 is 26.6. The molecule has 6 aliphatic rings. The number of piperazine rings is 2. The molecule has 2 unspecified atom stereocenters. The van der Waals surface area contributed by atoms with E-state index >= 15 is 0 Å². The molecule has 12 heterocycles. The monoisotopic (exact) mass is 1020 g/mol. The number of morpholine rings is 2. The zero-order valence-corrected chi connectivity index (χ0v) is 43.0. The van der Waals surface area contributed by atoms with Crippen LogP contribution in [0.2, 0.25) is 5.28 Å². The van der Waals surface area contributed by atoms with Crippen LogP contribution in [0.5, 0.6) is 0 Å². The first-order valence-electron chi connectivity index (χ1n) is 25.7. The van der Waals surface area contributed by atoms with Crippen molar-refractivity contribution in [3.8, 4) is 22.8 Å². The van der Waals surface area contributed by atoms with Crippen LogP contribution in [0.3, 0.4) is 0 Å². The number of nitrogen functional groups attached to an aromatic ring is 2. The number of aromatic nitrogens is 12. The highest BCUT2D eigenvalue weighted by Gasteiger charge is 2.32. The molecule has 392 valence electrons. The predicted octanol–water partition coefficient (Wildman–Crippen LogP) is 2.27. The number of nitrogens with zero attached hydrogens (tertiary/aromatic N) is 15. The van der Waals surface area contributed by atoms with Crippen LogP contribution in [-0.4, -0.2) is 188 Å². The zero-order valence-electron chi connectivity index (χ0n) is 42.3. The van der Waals surface area contributed by atoms with Crippen LogP contribution < -0.4 is 42.1 Å². The van der Waals surface area contributed by atoms with Gasteiger partial charge >= 0.3 is 0 Å². The third kappa shape index (κ3) is 12.1. The van der Waals surface area contributed by atoms with Crippen LogP contribution in [0.4, 0.5) is 29.5 Å². The Kier molecular flexibility index (Phi) is 16.2. The molecule has 0 aromatic carbocycles. The van der Waals surface area contributed by atoms with Crippen molar-refractivity contribution in [1.82, 2.24) is 74.9 Å². The number of hydrogen-bond acceptors (Lipinski definition) is 22. The van der Waals surface area contributed by atoms with E-state index in [0.717, 1.165) is 132 Å². The summed E-state index contributed by atoms with van der Waals surface area (Å²) in [6, 6.07) is 2.03. The van der Waals surface area contributed by atoms with Crippen molar-refractivity contribution in [3.63, 3.8) is 0 Å². The smallest absolute Gasteiger partial charge is 0.219 e. The Morgan fingerprint density at radius 1 is 0.548 bits per heavy atom. The maximum absolute atomic E-state index is 6.53. The summed E-state index contributed by atoms with van der Waals surface area (Å²) in [5.74, 6) is 4.84. The molecular formula is C48H69ClN20O4. The normalized spacial score (nSPS) is 24.6. The fraction of sp³-hybridized carbons (Fsp3) is 0.625.